The highest BCUT2D eigenvalue weighted by molar-refractivity contribution is 7.18. The van der Waals surface area contributed by atoms with Crippen LogP contribution in [0.2, 0.25) is 5.15 Å². The number of halogens is 1. The van der Waals surface area contributed by atoms with E-state index in [9.17, 15) is 4.79 Å². The quantitative estimate of drug-likeness (QED) is 0.793. The standard InChI is InChI=1S/C11H16ClN3O2S/c1-14(2)7-4-5-15(6-7)11-13-9(12)8(18-11)10(16)17-3/h7H,4-6H2,1-3H3. The van der Waals surface area contributed by atoms with Crippen LogP contribution < -0.4 is 4.90 Å². The number of hydrogen-bond donors (Lipinski definition) is 0. The summed E-state index contributed by atoms with van der Waals surface area (Å²) in [5.41, 5.74) is 0. The molecule has 1 fully saturated rings. The van der Waals surface area contributed by atoms with E-state index >= 15 is 0 Å². The average Bonchev–Trinajstić information content (AvgIpc) is 2.94. The normalized spacial score (nSPS) is 19.6. The zero-order valence-corrected chi connectivity index (χ0v) is 12.2. The largest absolute Gasteiger partial charge is 0.465 e. The summed E-state index contributed by atoms with van der Waals surface area (Å²) in [5, 5.41) is 1.03. The van der Waals surface area contributed by atoms with Gasteiger partial charge in [-0.05, 0) is 20.5 Å². The molecule has 7 heteroatoms. The lowest BCUT2D eigenvalue weighted by Crippen LogP contribution is -2.31. The van der Waals surface area contributed by atoms with Crippen LogP contribution in [0.15, 0.2) is 0 Å². The molecule has 0 aliphatic carbocycles. The van der Waals surface area contributed by atoms with Gasteiger partial charge in [0.1, 0.15) is 0 Å². The summed E-state index contributed by atoms with van der Waals surface area (Å²) in [6.45, 7) is 1.85. The highest BCUT2D eigenvalue weighted by Gasteiger charge is 2.28. The van der Waals surface area contributed by atoms with Crippen LogP contribution in [0.4, 0.5) is 5.13 Å². The van der Waals surface area contributed by atoms with E-state index in [1.807, 2.05) is 0 Å². The molecular weight excluding hydrogens is 274 g/mol. The number of aromatic nitrogens is 1. The van der Waals surface area contributed by atoms with Gasteiger partial charge >= 0.3 is 5.97 Å². The van der Waals surface area contributed by atoms with Crippen LogP contribution in [0.5, 0.6) is 0 Å². The van der Waals surface area contributed by atoms with E-state index in [2.05, 4.69) is 33.6 Å². The minimum Gasteiger partial charge on any atom is -0.465 e. The topological polar surface area (TPSA) is 45.7 Å². The maximum Gasteiger partial charge on any atom is 0.351 e. The van der Waals surface area contributed by atoms with Gasteiger partial charge in [-0.2, -0.15) is 0 Å². The number of carbonyl (C=O) groups excluding carboxylic acids is 1. The lowest BCUT2D eigenvalue weighted by atomic mass is 10.2. The zero-order chi connectivity index (χ0) is 13.3. The van der Waals surface area contributed by atoms with Gasteiger partial charge in [0, 0.05) is 19.1 Å². The molecule has 2 rings (SSSR count). The number of carbonyl (C=O) groups is 1. The molecule has 1 aromatic heterocycles. The smallest absolute Gasteiger partial charge is 0.351 e. The predicted molar refractivity (Wildman–Crippen MR) is 72.8 cm³/mol. The molecule has 18 heavy (non-hydrogen) atoms. The summed E-state index contributed by atoms with van der Waals surface area (Å²) < 4.78 is 4.67. The number of nitrogens with zero attached hydrogens (tertiary/aromatic N) is 3. The van der Waals surface area contributed by atoms with E-state index < -0.39 is 5.97 Å². The summed E-state index contributed by atoms with van der Waals surface area (Å²) in [5.74, 6) is -0.424. The van der Waals surface area contributed by atoms with Crippen LogP contribution >= 0.6 is 22.9 Å². The monoisotopic (exact) mass is 289 g/mol. The van der Waals surface area contributed by atoms with Gasteiger partial charge in [0.05, 0.1) is 7.11 Å². The van der Waals surface area contributed by atoms with E-state index in [0.717, 1.165) is 24.6 Å². The van der Waals surface area contributed by atoms with E-state index in [1.165, 1.54) is 18.4 Å². The second kappa shape index (κ2) is 5.42. The first-order valence-electron chi connectivity index (χ1n) is 5.69. The number of rotatable bonds is 3. The van der Waals surface area contributed by atoms with Crippen LogP contribution in [0, 0.1) is 0 Å². The van der Waals surface area contributed by atoms with Crippen molar-refractivity contribution in [2.75, 3.05) is 39.2 Å². The summed E-state index contributed by atoms with van der Waals surface area (Å²) in [6.07, 6.45) is 1.09. The van der Waals surface area contributed by atoms with Crippen molar-refractivity contribution in [1.82, 2.24) is 9.88 Å². The molecule has 5 nitrogen and oxygen atoms in total. The van der Waals surface area contributed by atoms with Gasteiger partial charge in [0.15, 0.2) is 15.2 Å². The Bertz CT molecular complexity index is 449. The van der Waals surface area contributed by atoms with Crippen molar-refractivity contribution in [2.45, 2.75) is 12.5 Å². The first-order valence-corrected chi connectivity index (χ1v) is 6.88. The fourth-order valence-corrected chi connectivity index (χ4v) is 3.22. The molecule has 1 aliphatic heterocycles. The second-order valence-electron chi connectivity index (χ2n) is 4.46. The Morgan fingerprint density at radius 3 is 2.89 bits per heavy atom. The van der Waals surface area contributed by atoms with Gasteiger partial charge in [0.2, 0.25) is 0 Å². The van der Waals surface area contributed by atoms with Crippen LogP contribution in [-0.4, -0.2) is 56.2 Å². The molecule has 0 bridgehead atoms. The molecule has 2 heterocycles. The molecule has 0 saturated carbocycles. The minimum absolute atomic E-state index is 0.232. The van der Waals surface area contributed by atoms with Crippen molar-refractivity contribution in [2.24, 2.45) is 0 Å². The molecule has 1 atom stereocenters. The fourth-order valence-electron chi connectivity index (χ4n) is 1.98. The fraction of sp³-hybridized carbons (Fsp3) is 0.636. The van der Waals surface area contributed by atoms with Crippen molar-refractivity contribution >= 4 is 34.0 Å². The van der Waals surface area contributed by atoms with Gasteiger partial charge in [0.25, 0.3) is 0 Å². The molecule has 0 N–H and O–H groups in total. The molecule has 0 radical (unpaired) electrons. The van der Waals surface area contributed by atoms with E-state index in [-0.39, 0.29) is 5.15 Å². The SMILES string of the molecule is COC(=O)c1sc(N2CCC(N(C)C)C2)nc1Cl. The first-order chi connectivity index (χ1) is 8.52. The molecule has 1 aromatic rings. The van der Waals surface area contributed by atoms with Crippen LogP contribution in [0.1, 0.15) is 16.1 Å². The third-order valence-corrected chi connectivity index (χ3v) is 4.59. The number of ether oxygens (including phenoxy) is 1. The molecular formula is C11H16ClN3O2S. The van der Waals surface area contributed by atoms with Crippen molar-refractivity contribution in [3.05, 3.63) is 10.0 Å². The van der Waals surface area contributed by atoms with Gasteiger partial charge < -0.3 is 14.5 Å². The Hall–Kier alpha value is -0.850. The Balaban J connectivity index is 2.13. The molecule has 1 aliphatic rings. The van der Waals surface area contributed by atoms with Crippen molar-refractivity contribution in [1.29, 1.82) is 0 Å². The number of anilines is 1. The van der Waals surface area contributed by atoms with Gasteiger partial charge in [-0.15, -0.1) is 0 Å². The number of esters is 1. The summed E-state index contributed by atoms with van der Waals surface area (Å²) in [4.78, 5) is 20.5. The van der Waals surface area contributed by atoms with Crippen LogP contribution in [0.25, 0.3) is 0 Å². The molecule has 0 aromatic carbocycles. The predicted octanol–water partition coefficient (Wildman–Crippen LogP) is 1.72. The minimum atomic E-state index is -0.424. The summed E-state index contributed by atoms with van der Waals surface area (Å²) >= 11 is 7.25. The molecule has 0 spiro atoms. The van der Waals surface area contributed by atoms with E-state index in [0.29, 0.717) is 10.9 Å². The maximum absolute atomic E-state index is 11.5. The highest BCUT2D eigenvalue weighted by Crippen LogP contribution is 2.32. The number of methoxy groups -OCH3 is 1. The third kappa shape index (κ3) is 2.60. The van der Waals surface area contributed by atoms with E-state index in [4.69, 9.17) is 11.6 Å². The Morgan fingerprint density at radius 1 is 1.61 bits per heavy atom. The first kappa shape index (κ1) is 13.6. The zero-order valence-electron chi connectivity index (χ0n) is 10.6. The van der Waals surface area contributed by atoms with Gasteiger partial charge in [-0.3, -0.25) is 0 Å². The Labute approximate surface area is 115 Å². The maximum atomic E-state index is 11.5. The average molecular weight is 290 g/mol. The van der Waals surface area contributed by atoms with E-state index in [1.54, 1.807) is 0 Å². The van der Waals surface area contributed by atoms with Crippen LogP contribution in [0.3, 0.4) is 0 Å². The summed E-state index contributed by atoms with van der Waals surface area (Å²) in [7, 11) is 5.49. The lowest BCUT2D eigenvalue weighted by molar-refractivity contribution is 0.0606. The number of hydrogen-bond acceptors (Lipinski definition) is 6. The lowest BCUT2D eigenvalue weighted by Gasteiger charge is -2.19. The van der Waals surface area contributed by atoms with Crippen LogP contribution in [-0.2, 0) is 4.74 Å². The highest BCUT2D eigenvalue weighted by atomic mass is 35.5. The summed E-state index contributed by atoms with van der Waals surface area (Å²) in [6, 6.07) is 0.522. The van der Waals surface area contributed by atoms with Gasteiger partial charge in [-0.1, -0.05) is 22.9 Å². The number of thiazole rings is 1. The van der Waals surface area contributed by atoms with Gasteiger partial charge in [-0.25, -0.2) is 9.78 Å². The third-order valence-electron chi connectivity index (χ3n) is 3.11. The molecule has 1 unspecified atom stereocenters. The Morgan fingerprint density at radius 2 is 2.33 bits per heavy atom. The van der Waals surface area contributed by atoms with Crippen molar-refractivity contribution in [3.8, 4) is 0 Å². The number of likely N-dealkylation sites (N-methyl/N-ethyl adjacent to an activating group) is 1. The molecule has 0 amide bonds. The molecule has 100 valence electrons. The van der Waals surface area contributed by atoms with Crippen molar-refractivity contribution in [3.63, 3.8) is 0 Å². The molecule has 1 saturated heterocycles. The van der Waals surface area contributed by atoms with Crippen molar-refractivity contribution < 1.29 is 9.53 Å². The second-order valence-corrected chi connectivity index (χ2v) is 5.80. The Kier molecular flexibility index (Phi) is 4.09.